The summed E-state index contributed by atoms with van der Waals surface area (Å²) in [6, 6.07) is 10.5. The van der Waals surface area contributed by atoms with Crippen LogP contribution in [0.1, 0.15) is 5.56 Å². The lowest BCUT2D eigenvalue weighted by Crippen LogP contribution is -2.37. The highest BCUT2D eigenvalue weighted by Crippen LogP contribution is 2.33. The molecule has 0 spiro atoms. The number of nitrogens with one attached hydrogen (secondary N) is 2. The molecule has 26 heavy (non-hydrogen) atoms. The van der Waals surface area contributed by atoms with Crippen molar-refractivity contribution in [3.05, 3.63) is 53.8 Å². The smallest absolute Gasteiger partial charge is 0.241 e. The van der Waals surface area contributed by atoms with Crippen molar-refractivity contribution in [2.75, 3.05) is 19.9 Å². The van der Waals surface area contributed by atoms with Gasteiger partial charge in [-0.15, -0.1) is 0 Å². The van der Waals surface area contributed by atoms with Gasteiger partial charge in [0.1, 0.15) is 5.82 Å². The number of sulfonamides is 1. The lowest BCUT2D eigenvalue weighted by atomic mass is 10.1. The van der Waals surface area contributed by atoms with Gasteiger partial charge in [-0.1, -0.05) is 18.2 Å². The molecule has 1 aliphatic heterocycles. The third-order valence-electron chi connectivity index (χ3n) is 3.75. The van der Waals surface area contributed by atoms with Gasteiger partial charge in [0.25, 0.3) is 0 Å². The van der Waals surface area contributed by atoms with Crippen LogP contribution in [0, 0.1) is 5.82 Å². The van der Waals surface area contributed by atoms with Crippen molar-refractivity contribution in [3.63, 3.8) is 0 Å². The summed E-state index contributed by atoms with van der Waals surface area (Å²) in [4.78, 5) is 11.8. The summed E-state index contributed by atoms with van der Waals surface area (Å²) >= 11 is 0. The van der Waals surface area contributed by atoms with E-state index in [1.807, 2.05) is 0 Å². The van der Waals surface area contributed by atoms with Crippen molar-refractivity contribution < 1.29 is 27.1 Å². The van der Waals surface area contributed by atoms with Crippen LogP contribution in [0.15, 0.2) is 47.4 Å². The SMILES string of the molecule is O=C(CNS(=O)(=O)c1ccc2c(c1)OCO2)NCCc1ccccc1F. The van der Waals surface area contributed by atoms with E-state index >= 15 is 0 Å². The number of halogens is 1. The number of carbonyl (C=O) groups is 1. The molecule has 7 nitrogen and oxygen atoms in total. The molecule has 1 aliphatic rings. The summed E-state index contributed by atoms with van der Waals surface area (Å²) in [5.74, 6) is -0.0482. The Morgan fingerprint density at radius 2 is 1.88 bits per heavy atom. The Hall–Kier alpha value is -2.65. The number of carbonyl (C=O) groups excluding carboxylic acids is 1. The fourth-order valence-corrected chi connectivity index (χ4v) is 3.39. The van der Waals surface area contributed by atoms with Crippen molar-refractivity contribution in [3.8, 4) is 11.5 Å². The lowest BCUT2D eigenvalue weighted by molar-refractivity contribution is -0.119. The molecule has 0 saturated carbocycles. The third kappa shape index (κ3) is 4.30. The minimum atomic E-state index is -3.87. The molecule has 0 unspecified atom stereocenters. The first-order valence-corrected chi connectivity index (χ1v) is 9.33. The third-order valence-corrected chi connectivity index (χ3v) is 5.15. The van der Waals surface area contributed by atoms with Crippen LogP contribution in [0.3, 0.4) is 0 Å². The normalized spacial score (nSPS) is 12.8. The Kier molecular flexibility index (Phi) is 5.38. The van der Waals surface area contributed by atoms with E-state index in [1.54, 1.807) is 18.2 Å². The molecule has 138 valence electrons. The van der Waals surface area contributed by atoms with Crippen molar-refractivity contribution in [2.45, 2.75) is 11.3 Å². The molecule has 0 fully saturated rings. The highest BCUT2D eigenvalue weighted by atomic mass is 32.2. The maximum absolute atomic E-state index is 13.5. The molecular formula is C17H17FN2O5S. The Balaban J connectivity index is 1.50. The summed E-state index contributed by atoms with van der Waals surface area (Å²) in [5, 5.41) is 2.55. The van der Waals surface area contributed by atoms with E-state index in [4.69, 9.17) is 9.47 Å². The molecule has 1 amide bonds. The zero-order chi connectivity index (χ0) is 18.6. The Morgan fingerprint density at radius 1 is 1.12 bits per heavy atom. The van der Waals surface area contributed by atoms with E-state index in [0.29, 0.717) is 23.5 Å². The average molecular weight is 380 g/mol. The van der Waals surface area contributed by atoms with Gasteiger partial charge in [-0.05, 0) is 30.2 Å². The van der Waals surface area contributed by atoms with Gasteiger partial charge in [-0.3, -0.25) is 4.79 Å². The van der Waals surface area contributed by atoms with E-state index in [9.17, 15) is 17.6 Å². The average Bonchev–Trinajstić information content (AvgIpc) is 3.09. The number of fused-ring (bicyclic) bond motifs is 1. The number of amides is 1. The van der Waals surface area contributed by atoms with Crippen LogP contribution in [0.2, 0.25) is 0 Å². The van der Waals surface area contributed by atoms with E-state index in [1.165, 1.54) is 24.3 Å². The van der Waals surface area contributed by atoms with E-state index in [-0.39, 0.29) is 24.1 Å². The predicted octanol–water partition coefficient (Wildman–Crippen LogP) is 1.19. The second kappa shape index (κ2) is 7.71. The first-order valence-electron chi connectivity index (χ1n) is 7.85. The van der Waals surface area contributed by atoms with Crippen LogP contribution in [-0.2, 0) is 21.2 Å². The highest BCUT2D eigenvalue weighted by molar-refractivity contribution is 7.89. The zero-order valence-electron chi connectivity index (χ0n) is 13.7. The first-order chi connectivity index (χ1) is 12.5. The molecule has 2 aromatic rings. The van der Waals surface area contributed by atoms with Crippen molar-refractivity contribution >= 4 is 15.9 Å². The Bertz CT molecular complexity index is 917. The predicted molar refractivity (Wildman–Crippen MR) is 90.9 cm³/mol. The number of benzene rings is 2. The van der Waals surface area contributed by atoms with Crippen molar-refractivity contribution in [1.29, 1.82) is 0 Å². The molecule has 0 radical (unpaired) electrons. The Labute approximate surface area is 150 Å². The van der Waals surface area contributed by atoms with Gasteiger partial charge in [0, 0.05) is 12.6 Å². The number of ether oxygens (including phenoxy) is 2. The number of hydrogen-bond acceptors (Lipinski definition) is 5. The summed E-state index contributed by atoms with van der Waals surface area (Å²) in [6.07, 6.45) is 0.313. The maximum Gasteiger partial charge on any atom is 0.241 e. The van der Waals surface area contributed by atoms with Crippen LogP contribution in [0.5, 0.6) is 11.5 Å². The maximum atomic E-state index is 13.5. The van der Waals surface area contributed by atoms with Crippen molar-refractivity contribution in [2.24, 2.45) is 0 Å². The summed E-state index contributed by atoms with van der Waals surface area (Å²) < 4.78 is 50.4. The molecule has 3 rings (SSSR count). The summed E-state index contributed by atoms with van der Waals surface area (Å²) in [7, 11) is -3.87. The second-order valence-electron chi connectivity index (χ2n) is 5.53. The van der Waals surface area contributed by atoms with Gasteiger partial charge < -0.3 is 14.8 Å². The summed E-state index contributed by atoms with van der Waals surface area (Å²) in [5.41, 5.74) is 0.480. The van der Waals surface area contributed by atoms with Gasteiger partial charge in [-0.25, -0.2) is 17.5 Å². The molecule has 2 aromatic carbocycles. The molecule has 9 heteroatoms. The van der Waals surface area contributed by atoms with Gasteiger partial charge in [0.05, 0.1) is 11.4 Å². The number of rotatable bonds is 7. The zero-order valence-corrected chi connectivity index (χ0v) is 14.5. The van der Waals surface area contributed by atoms with Gasteiger partial charge in [0.15, 0.2) is 11.5 Å². The lowest BCUT2D eigenvalue weighted by Gasteiger charge is -2.09. The van der Waals surface area contributed by atoms with Crippen LogP contribution in [0.4, 0.5) is 4.39 Å². The molecule has 2 N–H and O–H groups in total. The van der Waals surface area contributed by atoms with Crippen LogP contribution < -0.4 is 19.5 Å². The molecular weight excluding hydrogens is 363 g/mol. The molecule has 0 bridgehead atoms. The fourth-order valence-electron chi connectivity index (χ4n) is 2.39. The fraction of sp³-hybridized carbons (Fsp3) is 0.235. The quantitative estimate of drug-likeness (QED) is 0.753. The minimum Gasteiger partial charge on any atom is -0.454 e. The minimum absolute atomic E-state index is 0.0269. The number of hydrogen-bond donors (Lipinski definition) is 2. The molecule has 1 heterocycles. The Morgan fingerprint density at radius 3 is 2.69 bits per heavy atom. The van der Waals surface area contributed by atoms with Crippen LogP contribution in [0.25, 0.3) is 0 Å². The van der Waals surface area contributed by atoms with Crippen LogP contribution >= 0.6 is 0 Å². The van der Waals surface area contributed by atoms with E-state index < -0.39 is 22.5 Å². The molecule has 0 saturated heterocycles. The van der Waals surface area contributed by atoms with E-state index in [0.717, 1.165) is 0 Å². The highest BCUT2D eigenvalue weighted by Gasteiger charge is 2.20. The largest absolute Gasteiger partial charge is 0.454 e. The standard InChI is InChI=1S/C17H17FN2O5S/c18-14-4-2-1-3-12(14)7-8-19-17(21)10-20-26(22,23)13-5-6-15-16(9-13)25-11-24-15/h1-6,9,20H,7-8,10-11H2,(H,19,21). The van der Waals surface area contributed by atoms with Crippen LogP contribution in [-0.4, -0.2) is 34.2 Å². The van der Waals surface area contributed by atoms with Gasteiger partial charge in [0.2, 0.25) is 22.7 Å². The summed E-state index contributed by atoms with van der Waals surface area (Å²) in [6.45, 7) is -0.184. The molecule has 0 atom stereocenters. The monoisotopic (exact) mass is 380 g/mol. The molecule has 0 aromatic heterocycles. The van der Waals surface area contributed by atoms with Gasteiger partial charge in [-0.2, -0.15) is 0 Å². The van der Waals surface area contributed by atoms with E-state index in [2.05, 4.69) is 10.0 Å². The first kappa shape index (κ1) is 18.2. The molecule has 0 aliphatic carbocycles. The topological polar surface area (TPSA) is 93.7 Å². The van der Waals surface area contributed by atoms with Crippen molar-refractivity contribution in [1.82, 2.24) is 10.0 Å². The second-order valence-corrected chi connectivity index (χ2v) is 7.30. The van der Waals surface area contributed by atoms with Gasteiger partial charge >= 0.3 is 0 Å².